The van der Waals surface area contributed by atoms with E-state index in [-0.39, 0.29) is 5.78 Å². The highest BCUT2D eigenvalue weighted by Crippen LogP contribution is 2.21. The van der Waals surface area contributed by atoms with Crippen LogP contribution < -0.4 is 0 Å². The Labute approximate surface area is 133 Å². The summed E-state index contributed by atoms with van der Waals surface area (Å²) in [4.78, 5) is 17.0. The van der Waals surface area contributed by atoms with Gasteiger partial charge in [-0.05, 0) is 36.0 Å². The van der Waals surface area contributed by atoms with Gasteiger partial charge in [0.05, 0.1) is 6.54 Å². The van der Waals surface area contributed by atoms with Crippen molar-refractivity contribution in [2.24, 2.45) is 0 Å². The van der Waals surface area contributed by atoms with Gasteiger partial charge in [0, 0.05) is 36.2 Å². The van der Waals surface area contributed by atoms with Crippen molar-refractivity contribution >= 4 is 32.5 Å². The predicted molar refractivity (Wildman–Crippen MR) is 89.9 cm³/mol. The number of ketones is 1. The van der Waals surface area contributed by atoms with E-state index in [4.69, 9.17) is 0 Å². The highest BCUT2D eigenvalue weighted by molar-refractivity contribution is 9.10. The van der Waals surface area contributed by atoms with E-state index in [1.165, 1.54) is 0 Å². The number of benzene rings is 2. The average molecular weight is 347 g/mol. The minimum Gasteiger partial charge on any atom is -0.304 e. The Bertz CT molecular complexity index is 663. The van der Waals surface area contributed by atoms with E-state index < -0.39 is 0 Å². The van der Waals surface area contributed by atoms with Crippen molar-refractivity contribution in [3.8, 4) is 0 Å². The number of hydrogen-bond donors (Lipinski definition) is 0. The molecule has 0 aliphatic carbocycles. The van der Waals surface area contributed by atoms with Gasteiger partial charge >= 0.3 is 0 Å². The molecule has 21 heavy (non-hydrogen) atoms. The molecule has 2 aromatic rings. The molecule has 0 unspecified atom stereocenters. The van der Waals surface area contributed by atoms with Crippen LogP contribution in [0.5, 0.6) is 0 Å². The number of carbonyl (C=O) groups is 1. The van der Waals surface area contributed by atoms with Gasteiger partial charge in [0.1, 0.15) is 0 Å². The first-order chi connectivity index (χ1) is 10.1. The highest BCUT2D eigenvalue weighted by atomic mass is 79.9. The molecule has 1 saturated heterocycles. The molecule has 3 rings (SSSR count). The molecule has 0 N–H and O–H groups in total. The molecule has 1 aliphatic heterocycles. The summed E-state index contributed by atoms with van der Waals surface area (Å²) >= 11 is 3.47. The molecule has 3 nitrogen and oxygen atoms in total. The first-order valence-corrected chi connectivity index (χ1v) is 8.04. The molecule has 2 aromatic carbocycles. The van der Waals surface area contributed by atoms with Gasteiger partial charge < -0.3 is 4.90 Å². The molecule has 0 aromatic heterocycles. The Morgan fingerprint density at radius 2 is 1.71 bits per heavy atom. The smallest absolute Gasteiger partial charge is 0.176 e. The van der Waals surface area contributed by atoms with Gasteiger partial charge in [-0.1, -0.05) is 34.1 Å². The average Bonchev–Trinajstić information content (AvgIpc) is 2.49. The molecule has 0 bridgehead atoms. The maximum Gasteiger partial charge on any atom is 0.176 e. The first kappa shape index (κ1) is 14.7. The van der Waals surface area contributed by atoms with Crippen LogP contribution in [0, 0.1) is 0 Å². The van der Waals surface area contributed by atoms with Crippen molar-refractivity contribution in [3.05, 3.63) is 46.4 Å². The lowest BCUT2D eigenvalue weighted by atomic mass is 10.0. The molecule has 1 aliphatic rings. The van der Waals surface area contributed by atoms with Crippen molar-refractivity contribution in [1.82, 2.24) is 9.80 Å². The summed E-state index contributed by atoms with van der Waals surface area (Å²) in [6.07, 6.45) is 0. The van der Waals surface area contributed by atoms with Crippen LogP contribution in [0.2, 0.25) is 0 Å². The van der Waals surface area contributed by atoms with Gasteiger partial charge in [0.15, 0.2) is 5.78 Å². The summed E-state index contributed by atoms with van der Waals surface area (Å²) < 4.78 is 1.06. The fourth-order valence-corrected chi connectivity index (χ4v) is 3.07. The molecular weight excluding hydrogens is 328 g/mol. The van der Waals surface area contributed by atoms with Crippen molar-refractivity contribution in [2.45, 2.75) is 0 Å². The van der Waals surface area contributed by atoms with E-state index in [0.717, 1.165) is 47.0 Å². The van der Waals surface area contributed by atoms with E-state index in [1.807, 2.05) is 30.3 Å². The summed E-state index contributed by atoms with van der Waals surface area (Å²) in [6.45, 7) is 4.56. The number of carbonyl (C=O) groups excluding carboxylic acids is 1. The summed E-state index contributed by atoms with van der Waals surface area (Å²) in [7, 11) is 2.13. The van der Waals surface area contributed by atoms with E-state index in [2.05, 4.69) is 38.8 Å². The van der Waals surface area contributed by atoms with E-state index in [0.29, 0.717) is 6.54 Å². The van der Waals surface area contributed by atoms with Gasteiger partial charge in [0.25, 0.3) is 0 Å². The Morgan fingerprint density at radius 1 is 1.05 bits per heavy atom. The van der Waals surface area contributed by atoms with Crippen molar-refractivity contribution in [3.63, 3.8) is 0 Å². The molecule has 0 saturated carbocycles. The van der Waals surface area contributed by atoms with Crippen LogP contribution in [0.25, 0.3) is 10.8 Å². The van der Waals surface area contributed by atoms with Crippen molar-refractivity contribution in [2.75, 3.05) is 39.8 Å². The minimum absolute atomic E-state index is 0.212. The Hall–Kier alpha value is -1.23. The SMILES string of the molecule is CN1CCN(CC(=O)c2ccc3cc(Br)ccc3c2)CC1. The Morgan fingerprint density at radius 3 is 2.48 bits per heavy atom. The van der Waals surface area contributed by atoms with Crippen LogP contribution in [0.3, 0.4) is 0 Å². The molecule has 0 atom stereocenters. The zero-order valence-corrected chi connectivity index (χ0v) is 13.8. The Kier molecular flexibility index (Phi) is 4.38. The number of nitrogens with zero attached hydrogens (tertiary/aromatic N) is 2. The summed E-state index contributed by atoms with van der Waals surface area (Å²) in [5, 5.41) is 2.27. The Balaban J connectivity index is 1.74. The normalized spacial score (nSPS) is 17.2. The van der Waals surface area contributed by atoms with Crippen LogP contribution in [0.15, 0.2) is 40.9 Å². The van der Waals surface area contributed by atoms with E-state index in [9.17, 15) is 4.79 Å². The van der Waals surface area contributed by atoms with Gasteiger partial charge in [-0.25, -0.2) is 0 Å². The maximum atomic E-state index is 12.4. The highest BCUT2D eigenvalue weighted by Gasteiger charge is 2.17. The summed E-state index contributed by atoms with van der Waals surface area (Å²) in [5.74, 6) is 0.212. The third kappa shape index (κ3) is 3.51. The monoisotopic (exact) mass is 346 g/mol. The second-order valence-corrected chi connectivity index (χ2v) is 6.62. The molecule has 1 heterocycles. The number of halogens is 1. The predicted octanol–water partition coefficient (Wildman–Crippen LogP) is 3.03. The first-order valence-electron chi connectivity index (χ1n) is 7.25. The molecule has 110 valence electrons. The third-order valence-corrected chi connectivity index (χ3v) is 4.58. The topological polar surface area (TPSA) is 23.6 Å². The van der Waals surface area contributed by atoms with Gasteiger partial charge in [-0.15, -0.1) is 0 Å². The van der Waals surface area contributed by atoms with Crippen LogP contribution in [0.4, 0.5) is 0 Å². The standard InChI is InChI=1S/C17H19BrN2O/c1-19-6-8-20(9-7-19)12-17(21)15-3-2-14-11-16(18)5-4-13(14)10-15/h2-5,10-11H,6-9,12H2,1H3. The molecule has 0 radical (unpaired) electrons. The minimum atomic E-state index is 0.212. The van der Waals surface area contributed by atoms with E-state index >= 15 is 0 Å². The number of likely N-dealkylation sites (N-methyl/N-ethyl adjacent to an activating group) is 1. The van der Waals surface area contributed by atoms with Crippen LogP contribution in [-0.2, 0) is 0 Å². The van der Waals surface area contributed by atoms with Gasteiger partial charge in [0.2, 0.25) is 0 Å². The lowest BCUT2D eigenvalue weighted by Crippen LogP contribution is -2.46. The quantitative estimate of drug-likeness (QED) is 0.798. The third-order valence-electron chi connectivity index (χ3n) is 4.09. The second-order valence-electron chi connectivity index (χ2n) is 5.71. The fraction of sp³-hybridized carbons (Fsp3) is 0.353. The molecule has 0 amide bonds. The summed E-state index contributed by atoms with van der Waals surface area (Å²) in [5.41, 5.74) is 0.809. The number of Topliss-reactive ketones (excluding diaryl/α,β-unsaturated/α-hetero) is 1. The molecule has 4 heteroatoms. The molecule has 1 fully saturated rings. The molecular formula is C17H19BrN2O. The largest absolute Gasteiger partial charge is 0.304 e. The van der Waals surface area contributed by atoms with Gasteiger partial charge in [-0.2, -0.15) is 0 Å². The van der Waals surface area contributed by atoms with E-state index in [1.54, 1.807) is 0 Å². The van der Waals surface area contributed by atoms with Crippen LogP contribution in [-0.4, -0.2) is 55.4 Å². The molecule has 0 spiro atoms. The lowest BCUT2D eigenvalue weighted by molar-refractivity contribution is 0.0876. The summed E-state index contributed by atoms with van der Waals surface area (Å²) in [6, 6.07) is 12.1. The number of rotatable bonds is 3. The number of piperazine rings is 1. The lowest BCUT2D eigenvalue weighted by Gasteiger charge is -2.31. The van der Waals surface area contributed by atoms with Crippen LogP contribution >= 0.6 is 15.9 Å². The fourth-order valence-electron chi connectivity index (χ4n) is 2.69. The number of hydrogen-bond acceptors (Lipinski definition) is 3. The van der Waals surface area contributed by atoms with Crippen molar-refractivity contribution < 1.29 is 4.79 Å². The maximum absolute atomic E-state index is 12.4. The van der Waals surface area contributed by atoms with Crippen LogP contribution in [0.1, 0.15) is 10.4 Å². The zero-order valence-electron chi connectivity index (χ0n) is 12.2. The number of fused-ring (bicyclic) bond motifs is 1. The second kappa shape index (κ2) is 6.26. The van der Waals surface area contributed by atoms with Gasteiger partial charge in [-0.3, -0.25) is 9.69 Å². The van der Waals surface area contributed by atoms with Crippen molar-refractivity contribution in [1.29, 1.82) is 0 Å². The zero-order chi connectivity index (χ0) is 14.8.